The van der Waals surface area contributed by atoms with Crippen molar-refractivity contribution in [2.45, 2.75) is 11.0 Å². The molecule has 0 bridgehead atoms. The van der Waals surface area contributed by atoms with Gasteiger partial charge in [0.25, 0.3) is 0 Å². The quantitative estimate of drug-likeness (QED) is 0.379. The smallest absolute Gasteiger partial charge is 0.160 e. The summed E-state index contributed by atoms with van der Waals surface area (Å²) in [5, 5.41) is 0. The first-order valence-electron chi connectivity index (χ1n) is 2.57. The first-order valence-corrected chi connectivity index (χ1v) is 3.02. The summed E-state index contributed by atoms with van der Waals surface area (Å²) in [7, 11) is 0. The predicted octanol–water partition coefficient (Wildman–Crippen LogP) is 1.14. The molecule has 2 aliphatic rings. The van der Waals surface area contributed by atoms with Crippen LogP contribution in [0, 0.1) is 0 Å². The average Bonchev–Trinajstić information content (AvgIpc) is 2.39. The molecule has 42 valence electrons. The summed E-state index contributed by atoms with van der Waals surface area (Å²) in [6.45, 7) is 0. The van der Waals surface area contributed by atoms with Crippen LogP contribution in [0.5, 0.6) is 0 Å². The van der Waals surface area contributed by atoms with E-state index in [1.807, 2.05) is 24.3 Å². The molecule has 0 aromatic rings. The Balaban J connectivity index is 2.33. The van der Waals surface area contributed by atoms with Crippen LogP contribution in [0.4, 0.5) is 0 Å². The molecule has 0 N–H and O–H groups in total. The molecular weight excluding hydrogens is 120 g/mol. The second-order valence-electron chi connectivity index (χ2n) is 2.03. The van der Waals surface area contributed by atoms with Crippen molar-refractivity contribution in [1.82, 2.24) is 0 Å². The Kier molecular flexibility index (Phi) is 0.696. The minimum Gasteiger partial charge on any atom is -0.346 e. The molecule has 1 nitrogen and oxygen atoms in total. The predicted molar refractivity (Wildman–Crippen MR) is 34.9 cm³/mol. The standard InChI is InChI=1S/C6H6OS/c8-6-4-2-1-3-5(6)7-6/h1-5,8H. The summed E-state index contributed by atoms with van der Waals surface area (Å²) in [5.41, 5.74) is 0. The number of hydrogen-bond donors (Lipinski definition) is 1. The molecule has 0 spiro atoms. The Morgan fingerprint density at radius 3 is 2.88 bits per heavy atom. The van der Waals surface area contributed by atoms with Crippen molar-refractivity contribution >= 4 is 12.6 Å². The van der Waals surface area contributed by atoms with Crippen LogP contribution >= 0.6 is 12.6 Å². The summed E-state index contributed by atoms with van der Waals surface area (Å²) < 4.78 is 5.16. The zero-order valence-electron chi connectivity index (χ0n) is 4.24. The fourth-order valence-corrected chi connectivity index (χ4v) is 1.12. The van der Waals surface area contributed by atoms with E-state index >= 15 is 0 Å². The number of allylic oxidation sites excluding steroid dienone is 2. The summed E-state index contributed by atoms with van der Waals surface area (Å²) >= 11 is 4.23. The maximum atomic E-state index is 5.16. The van der Waals surface area contributed by atoms with Crippen LogP contribution in [0.25, 0.3) is 0 Å². The lowest BCUT2D eigenvalue weighted by atomic mass is 10.2. The molecule has 1 heterocycles. The molecule has 1 aliphatic carbocycles. The van der Waals surface area contributed by atoms with Gasteiger partial charge in [-0.1, -0.05) is 18.2 Å². The van der Waals surface area contributed by atoms with Crippen molar-refractivity contribution in [2.24, 2.45) is 0 Å². The lowest BCUT2D eigenvalue weighted by molar-refractivity contribution is 0.401. The minimum absolute atomic E-state index is 0.227. The van der Waals surface area contributed by atoms with Crippen LogP contribution in [-0.4, -0.2) is 11.0 Å². The lowest BCUT2D eigenvalue weighted by Gasteiger charge is -1.95. The van der Waals surface area contributed by atoms with E-state index in [-0.39, 0.29) is 11.0 Å². The van der Waals surface area contributed by atoms with Gasteiger partial charge in [-0.2, -0.15) is 0 Å². The average molecular weight is 126 g/mol. The van der Waals surface area contributed by atoms with Gasteiger partial charge in [0.15, 0.2) is 4.93 Å². The molecule has 2 rings (SSSR count). The molecule has 2 atom stereocenters. The first-order chi connectivity index (χ1) is 3.81. The Labute approximate surface area is 53.4 Å². The van der Waals surface area contributed by atoms with Gasteiger partial charge in [-0.15, -0.1) is 12.6 Å². The van der Waals surface area contributed by atoms with Gasteiger partial charge in [0.05, 0.1) is 0 Å². The number of thiol groups is 1. The van der Waals surface area contributed by atoms with Crippen LogP contribution in [-0.2, 0) is 4.74 Å². The van der Waals surface area contributed by atoms with E-state index in [2.05, 4.69) is 12.6 Å². The highest BCUT2D eigenvalue weighted by atomic mass is 32.1. The second kappa shape index (κ2) is 1.20. The van der Waals surface area contributed by atoms with Crippen molar-refractivity contribution in [2.75, 3.05) is 0 Å². The number of hydrogen-bond acceptors (Lipinski definition) is 2. The van der Waals surface area contributed by atoms with Gasteiger partial charge in [-0.25, -0.2) is 0 Å². The zero-order chi connectivity index (χ0) is 5.61. The van der Waals surface area contributed by atoms with E-state index in [1.54, 1.807) is 0 Å². The van der Waals surface area contributed by atoms with Gasteiger partial charge in [-0.3, -0.25) is 0 Å². The SMILES string of the molecule is SC12C=CC=CC1O2. The lowest BCUT2D eigenvalue weighted by Crippen LogP contribution is -2.00. The summed E-state index contributed by atoms with van der Waals surface area (Å²) in [6.07, 6.45) is 8.15. The molecule has 0 aromatic carbocycles. The second-order valence-corrected chi connectivity index (χ2v) is 2.73. The van der Waals surface area contributed by atoms with Crippen molar-refractivity contribution in [3.05, 3.63) is 24.3 Å². The maximum absolute atomic E-state index is 5.16. The van der Waals surface area contributed by atoms with Crippen LogP contribution in [0.2, 0.25) is 0 Å². The Morgan fingerprint density at radius 2 is 2.38 bits per heavy atom. The highest BCUT2D eigenvalue weighted by molar-refractivity contribution is 7.82. The largest absolute Gasteiger partial charge is 0.346 e. The zero-order valence-corrected chi connectivity index (χ0v) is 5.14. The molecule has 1 fully saturated rings. The van der Waals surface area contributed by atoms with Gasteiger partial charge in [0.2, 0.25) is 0 Å². The highest BCUT2D eigenvalue weighted by Gasteiger charge is 2.50. The minimum atomic E-state index is -0.227. The van der Waals surface area contributed by atoms with Crippen LogP contribution in [0.3, 0.4) is 0 Å². The van der Waals surface area contributed by atoms with E-state index in [1.165, 1.54) is 0 Å². The molecule has 0 amide bonds. The highest BCUT2D eigenvalue weighted by Crippen LogP contribution is 2.44. The van der Waals surface area contributed by atoms with Crippen LogP contribution in [0.15, 0.2) is 24.3 Å². The first kappa shape index (κ1) is 4.65. The van der Waals surface area contributed by atoms with E-state index < -0.39 is 0 Å². The molecule has 2 unspecified atom stereocenters. The van der Waals surface area contributed by atoms with E-state index in [0.29, 0.717) is 0 Å². The molecule has 0 aromatic heterocycles. The monoisotopic (exact) mass is 126 g/mol. The topological polar surface area (TPSA) is 12.5 Å². The van der Waals surface area contributed by atoms with E-state index in [9.17, 15) is 0 Å². The van der Waals surface area contributed by atoms with Crippen molar-refractivity contribution in [3.8, 4) is 0 Å². The molecule has 2 heteroatoms. The third-order valence-electron chi connectivity index (χ3n) is 1.40. The summed E-state index contributed by atoms with van der Waals surface area (Å²) in [5.74, 6) is 0. The molecule has 1 aliphatic heterocycles. The summed E-state index contributed by atoms with van der Waals surface area (Å²) in [4.78, 5) is -0.227. The number of fused-ring (bicyclic) bond motifs is 1. The Morgan fingerprint density at radius 1 is 1.50 bits per heavy atom. The van der Waals surface area contributed by atoms with Gasteiger partial charge in [-0.05, 0) is 6.08 Å². The van der Waals surface area contributed by atoms with E-state index in [4.69, 9.17) is 4.74 Å². The third-order valence-corrected chi connectivity index (χ3v) is 1.91. The van der Waals surface area contributed by atoms with Gasteiger partial charge >= 0.3 is 0 Å². The maximum Gasteiger partial charge on any atom is 0.160 e. The van der Waals surface area contributed by atoms with Crippen molar-refractivity contribution in [3.63, 3.8) is 0 Å². The van der Waals surface area contributed by atoms with Gasteiger partial charge in [0, 0.05) is 0 Å². The molecular formula is C6H6OS. The molecule has 0 radical (unpaired) electrons. The number of ether oxygens (including phenoxy) is 1. The number of rotatable bonds is 0. The summed E-state index contributed by atoms with van der Waals surface area (Å²) in [6, 6.07) is 0. The van der Waals surface area contributed by atoms with Gasteiger partial charge < -0.3 is 4.74 Å². The Hall–Kier alpha value is -0.210. The van der Waals surface area contributed by atoms with E-state index in [0.717, 1.165) is 0 Å². The number of epoxide rings is 1. The van der Waals surface area contributed by atoms with Gasteiger partial charge in [0.1, 0.15) is 6.10 Å². The molecule has 0 saturated carbocycles. The molecule has 1 saturated heterocycles. The normalized spacial score (nSPS) is 48.9. The van der Waals surface area contributed by atoms with Crippen molar-refractivity contribution in [1.29, 1.82) is 0 Å². The van der Waals surface area contributed by atoms with Crippen LogP contribution < -0.4 is 0 Å². The van der Waals surface area contributed by atoms with Crippen molar-refractivity contribution < 1.29 is 4.74 Å². The Bertz CT molecular complexity index is 173. The fraction of sp³-hybridized carbons (Fsp3) is 0.333. The van der Waals surface area contributed by atoms with Crippen LogP contribution in [0.1, 0.15) is 0 Å². The molecule has 8 heavy (non-hydrogen) atoms. The fourth-order valence-electron chi connectivity index (χ4n) is 0.839. The third kappa shape index (κ3) is 0.471.